The van der Waals surface area contributed by atoms with E-state index in [1.165, 1.54) is 6.20 Å². The number of carboxylic acids is 1. The van der Waals surface area contributed by atoms with Crippen LogP contribution in [0.15, 0.2) is 65.4 Å². The number of nitrogens with zero attached hydrogens (tertiary/aromatic N) is 2. The molecule has 1 aliphatic heterocycles. The van der Waals surface area contributed by atoms with Gasteiger partial charge in [-0.25, -0.2) is 4.79 Å². The van der Waals surface area contributed by atoms with Gasteiger partial charge >= 0.3 is 12.1 Å². The van der Waals surface area contributed by atoms with Crippen LogP contribution in [-0.2, 0) is 20.7 Å². The number of carboxylic acid groups (broad SMARTS) is 1. The Morgan fingerprint density at radius 1 is 1.12 bits per heavy atom. The Balaban J connectivity index is 1.84. The largest absolute Gasteiger partial charge is 0.481 e. The summed E-state index contributed by atoms with van der Waals surface area (Å²) in [4.78, 5) is 35.9. The van der Waals surface area contributed by atoms with Crippen LogP contribution in [0.5, 0.6) is 0 Å². The second-order valence-corrected chi connectivity index (χ2v) is 6.84. The van der Waals surface area contributed by atoms with E-state index >= 15 is 0 Å². The average molecular weight is 436 g/mol. The minimum absolute atomic E-state index is 0.151. The summed E-state index contributed by atoms with van der Waals surface area (Å²) in [5.41, 5.74) is 3.14. The number of para-hydroxylation sites is 1. The fourth-order valence-corrected chi connectivity index (χ4v) is 3.14. The third kappa shape index (κ3) is 5.31. The average Bonchev–Trinajstić information content (AvgIpc) is 3.07. The summed E-state index contributed by atoms with van der Waals surface area (Å²) >= 11 is 0. The highest BCUT2D eigenvalue weighted by molar-refractivity contribution is 6.32. The summed E-state index contributed by atoms with van der Waals surface area (Å²) in [6.45, 7) is 3.97. The number of rotatable bonds is 8. The Labute approximate surface area is 185 Å². The van der Waals surface area contributed by atoms with Crippen molar-refractivity contribution in [2.75, 3.05) is 22.2 Å². The van der Waals surface area contributed by atoms with E-state index < -0.39 is 24.4 Å². The lowest BCUT2D eigenvalue weighted by molar-refractivity contribution is -0.135. The summed E-state index contributed by atoms with van der Waals surface area (Å²) in [6, 6.07) is 14.1. The minimum atomic E-state index is -1.09. The van der Waals surface area contributed by atoms with Crippen molar-refractivity contribution in [2.24, 2.45) is 5.10 Å². The van der Waals surface area contributed by atoms with Gasteiger partial charge in [-0.05, 0) is 49.2 Å². The number of carbonyl (C=O) groups excluding carboxylic acids is 2. The van der Waals surface area contributed by atoms with E-state index in [0.29, 0.717) is 11.4 Å². The van der Waals surface area contributed by atoms with Crippen LogP contribution in [0.3, 0.4) is 0 Å². The van der Waals surface area contributed by atoms with E-state index in [0.717, 1.165) is 22.7 Å². The quantitative estimate of drug-likeness (QED) is 0.538. The molecule has 2 aromatic carbocycles. The number of aryl methyl sites for hydroxylation is 1. The first-order valence-electron chi connectivity index (χ1n) is 10.2. The summed E-state index contributed by atoms with van der Waals surface area (Å²) in [5.74, 6) is -1.54. The molecule has 32 heavy (non-hydrogen) atoms. The van der Waals surface area contributed by atoms with Crippen LogP contribution in [0.25, 0.3) is 0 Å². The number of hydrogen-bond donors (Lipinski definition) is 3. The van der Waals surface area contributed by atoms with E-state index in [-0.39, 0.29) is 17.9 Å². The van der Waals surface area contributed by atoms with E-state index in [9.17, 15) is 19.5 Å². The van der Waals surface area contributed by atoms with Gasteiger partial charge in [0, 0.05) is 17.6 Å². The standard InChI is InChI=1S/C23H24N4O5/c1-3-15-7-5-6-8-19(15)24-14-18-20(13-21(28)29)26-27(22(18)30)17-11-9-16(10-12-17)25-23(31)32-4-2/h5-12,14,24H,3-4,13H2,1-2H3,(H,25,31)(H,28,29)/b18-14+. The molecule has 2 amide bonds. The zero-order valence-electron chi connectivity index (χ0n) is 17.8. The monoisotopic (exact) mass is 436 g/mol. The zero-order chi connectivity index (χ0) is 23.1. The highest BCUT2D eigenvalue weighted by atomic mass is 16.5. The number of amides is 2. The lowest BCUT2D eigenvalue weighted by atomic mass is 10.1. The highest BCUT2D eigenvalue weighted by Crippen LogP contribution is 2.27. The van der Waals surface area contributed by atoms with E-state index in [1.807, 2.05) is 31.2 Å². The molecule has 0 atom stereocenters. The molecule has 0 spiro atoms. The lowest BCUT2D eigenvalue weighted by Gasteiger charge is -2.13. The van der Waals surface area contributed by atoms with Gasteiger partial charge in [0.05, 0.1) is 30.0 Å². The number of hydrogen-bond acceptors (Lipinski definition) is 6. The van der Waals surface area contributed by atoms with Gasteiger partial charge in [-0.1, -0.05) is 25.1 Å². The predicted molar refractivity (Wildman–Crippen MR) is 122 cm³/mol. The number of benzene rings is 2. The zero-order valence-corrected chi connectivity index (χ0v) is 17.8. The van der Waals surface area contributed by atoms with Gasteiger partial charge in [0.1, 0.15) is 0 Å². The molecule has 0 radical (unpaired) electrons. The molecule has 9 heteroatoms. The van der Waals surface area contributed by atoms with Crippen LogP contribution in [0, 0.1) is 0 Å². The number of carbonyl (C=O) groups is 3. The molecule has 0 saturated carbocycles. The molecule has 9 nitrogen and oxygen atoms in total. The fourth-order valence-electron chi connectivity index (χ4n) is 3.14. The van der Waals surface area contributed by atoms with Crippen molar-refractivity contribution in [3.05, 3.63) is 65.9 Å². The molecule has 3 rings (SSSR count). The van der Waals surface area contributed by atoms with E-state index in [1.54, 1.807) is 31.2 Å². The first kappa shape index (κ1) is 22.5. The summed E-state index contributed by atoms with van der Waals surface area (Å²) in [6.07, 6.45) is 1.32. The lowest BCUT2D eigenvalue weighted by Crippen LogP contribution is -2.22. The maximum Gasteiger partial charge on any atom is 0.411 e. The molecule has 166 valence electrons. The number of hydrazone groups is 1. The number of aliphatic carboxylic acids is 1. The van der Waals surface area contributed by atoms with Gasteiger partial charge in [0.15, 0.2) is 0 Å². The molecule has 0 unspecified atom stereocenters. The second kappa shape index (κ2) is 10.3. The number of nitrogens with one attached hydrogen (secondary N) is 2. The van der Waals surface area contributed by atoms with Crippen molar-refractivity contribution in [1.29, 1.82) is 0 Å². The molecule has 0 fully saturated rings. The third-order valence-corrected chi connectivity index (χ3v) is 4.68. The minimum Gasteiger partial charge on any atom is -0.481 e. The normalized spacial score (nSPS) is 14.3. The Hall–Kier alpha value is -4.14. The molecular weight excluding hydrogens is 412 g/mol. The molecule has 1 heterocycles. The Morgan fingerprint density at radius 2 is 1.84 bits per heavy atom. The van der Waals surface area contributed by atoms with Gasteiger partial charge in [-0.15, -0.1) is 0 Å². The first-order valence-corrected chi connectivity index (χ1v) is 10.2. The van der Waals surface area contributed by atoms with Crippen LogP contribution in [0.4, 0.5) is 21.9 Å². The maximum absolute atomic E-state index is 13.0. The van der Waals surface area contributed by atoms with Crippen molar-refractivity contribution >= 4 is 40.7 Å². The molecule has 0 bridgehead atoms. The SMILES string of the molecule is CCOC(=O)Nc1ccc(N2N=C(CC(=O)O)/C(=C\Nc3ccccc3CC)C2=O)cc1. The van der Waals surface area contributed by atoms with Crippen LogP contribution >= 0.6 is 0 Å². The van der Waals surface area contributed by atoms with Gasteiger partial charge in [-0.3, -0.25) is 14.9 Å². The third-order valence-electron chi connectivity index (χ3n) is 4.68. The first-order chi connectivity index (χ1) is 15.4. The second-order valence-electron chi connectivity index (χ2n) is 6.84. The van der Waals surface area contributed by atoms with Crippen molar-refractivity contribution in [2.45, 2.75) is 26.7 Å². The smallest absolute Gasteiger partial charge is 0.411 e. The maximum atomic E-state index is 13.0. The van der Waals surface area contributed by atoms with Gasteiger partial charge in [0.2, 0.25) is 0 Å². The van der Waals surface area contributed by atoms with Crippen LogP contribution in [-0.4, -0.2) is 35.4 Å². The fraction of sp³-hybridized carbons (Fsp3) is 0.217. The summed E-state index contributed by atoms with van der Waals surface area (Å²) in [7, 11) is 0. The van der Waals surface area contributed by atoms with Crippen molar-refractivity contribution in [3.63, 3.8) is 0 Å². The molecule has 0 aliphatic carbocycles. The van der Waals surface area contributed by atoms with Crippen LogP contribution < -0.4 is 15.6 Å². The van der Waals surface area contributed by atoms with Crippen molar-refractivity contribution in [1.82, 2.24) is 0 Å². The number of ether oxygens (including phenoxy) is 1. The van der Waals surface area contributed by atoms with E-state index in [2.05, 4.69) is 15.7 Å². The topological polar surface area (TPSA) is 120 Å². The molecule has 0 saturated heterocycles. The van der Waals surface area contributed by atoms with Gasteiger partial charge < -0.3 is 15.2 Å². The molecule has 1 aliphatic rings. The summed E-state index contributed by atoms with van der Waals surface area (Å²) in [5, 5.41) is 20.3. The van der Waals surface area contributed by atoms with Crippen molar-refractivity contribution in [3.8, 4) is 0 Å². The summed E-state index contributed by atoms with van der Waals surface area (Å²) < 4.78 is 4.83. The molecule has 0 aromatic heterocycles. The van der Waals surface area contributed by atoms with Crippen LogP contribution in [0.2, 0.25) is 0 Å². The van der Waals surface area contributed by atoms with E-state index in [4.69, 9.17) is 4.74 Å². The highest BCUT2D eigenvalue weighted by Gasteiger charge is 2.32. The van der Waals surface area contributed by atoms with Gasteiger partial charge in [0.25, 0.3) is 5.91 Å². The molecule has 3 N–H and O–H groups in total. The molecule has 2 aromatic rings. The van der Waals surface area contributed by atoms with Crippen LogP contribution in [0.1, 0.15) is 25.8 Å². The molecular formula is C23H24N4O5. The van der Waals surface area contributed by atoms with Crippen molar-refractivity contribution < 1.29 is 24.2 Å². The predicted octanol–water partition coefficient (Wildman–Crippen LogP) is 3.99. The Morgan fingerprint density at radius 3 is 2.50 bits per heavy atom. The number of anilines is 3. The van der Waals surface area contributed by atoms with Gasteiger partial charge in [-0.2, -0.15) is 10.1 Å². The Bertz CT molecular complexity index is 1080. The Kier molecular flexibility index (Phi) is 7.22.